The molecule has 1 aromatic carbocycles. The Labute approximate surface area is 160 Å². The van der Waals surface area contributed by atoms with Gasteiger partial charge < -0.3 is 10.6 Å². The fraction of sp³-hybridized carbons (Fsp3) is 0.471. The Hall–Kier alpha value is -1.44. The first-order valence-corrected chi connectivity index (χ1v) is 8.93. The van der Waals surface area contributed by atoms with Gasteiger partial charge in [0.15, 0.2) is 0 Å². The van der Waals surface area contributed by atoms with E-state index in [0.717, 1.165) is 17.3 Å². The monoisotopic (exact) mass is 428 g/mol. The molecule has 2 unspecified atom stereocenters. The van der Waals surface area contributed by atoms with Crippen molar-refractivity contribution < 1.29 is 4.79 Å². The van der Waals surface area contributed by atoms with Crippen molar-refractivity contribution in [2.45, 2.75) is 32.4 Å². The van der Waals surface area contributed by atoms with Gasteiger partial charge in [-0.25, -0.2) is 4.98 Å². The van der Waals surface area contributed by atoms with E-state index < -0.39 is 0 Å². The molecule has 0 saturated carbocycles. The van der Waals surface area contributed by atoms with Gasteiger partial charge in [0.05, 0.1) is 17.2 Å². The maximum absolute atomic E-state index is 12.7. The van der Waals surface area contributed by atoms with E-state index in [9.17, 15) is 9.59 Å². The van der Waals surface area contributed by atoms with Crippen molar-refractivity contribution in [3.8, 4) is 0 Å². The van der Waals surface area contributed by atoms with Gasteiger partial charge in [0.2, 0.25) is 5.91 Å². The van der Waals surface area contributed by atoms with Crippen molar-refractivity contribution in [2.75, 3.05) is 13.1 Å². The molecule has 1 saturated heterocycles. The summed E-state index contributed by atoms with van der Waals surface area (Å²) >= 11 is 3.36. The summed E-state index contributed by atoms with van der Waals surface area (Å²) in [7, 11) is 0. The van der Waals surface area contributed by atoms with Crippen LogP contribution in [0.5, 0.6) is 0 Å². The Morgan fingerprint density at radius 3 is 2.92 bits per heavy atom. The summed E-state index contributed by atoms with van der Waals surface area (Å²) in [4.78, 5) is 31.4. The second-order valence-corrected chi connectivity index (χ2v) is 7.36. The maximum Gasteiger partial charge on any atom is 0.261 e. The third-order valence-electron chi connectivity index (χ3n) is 4.66. The van der Waals surface area contributed by atoms with Gasteiger partial charge in [-0.1, -0.05) is 22.9 Å². The van der Waals surface area contributed by atoms with Crippen molar-refractivity contribution in [1.29, 1.82) is 0 Å². The average Bonchev–Trinajstić information content (AvgIpc) is 2.57. The number of carbonyl (C=O) groups is 1. The SMILES string of the molecule is CC1CCN(C(=O)Cn2cnc3ccc(Br)cc3c2=O)C(CN)C1.Cl. The number of piperidine rings is 1. The van der Waals surface area contributed by atoms with Crippen molar-refractivity contribution >= 4 is 45.1 Å². The van der Waals surface area contributed by atoms with Crippen molar-refractivity contribution in [3.05, 3.63) is 39.4 Å². The van der Waals surface area contributed by atoms with Gasteiger partial charge in [-0.05, 0) is 37.0 Å². The van der Waals surface area contributed by atoms with Gasteiger partial charge >= 0.3 is 0 Å². The lowest BCUT2D eigenvalue weighted by molar-refractivity contribution is -0.136. The van der Waals surface area contributed by atoms with E-state index in [1.54, 1.807) is 12.1 Å². The molecule has 25 heavy (non-hydrogen) atoms. The fourth-order valence-electron chi connectivity index (χ4n) is 3.28. The minimum atomic E-state index is -0.204. The summed E-state index contributed by atoms with van der Waals surface area (Å²) in [6.07, 6.45) is 3.33. The lowest BCUT2D eigenvalue weighted by Gasteiger charge is -2.38. The summed E-state index contributed by atoms with van der Waals surface area (Å²) in [5.41, 5.74) is 6.25. The number of benzene rings is 1. The van der Waals surface area contributed by atoms with Crippen LogP contribution in [0.15, 0.2) is 33.8 Å². The van der Waals surface area contributed by atoms with E-state index in [4.69, 9.17) is 5.73 Å². The molecular weight excluding hydrogens is 408 g/mol. The van der Waals surface area contributed by atoms with E-state index in [1.807, 2.05) is 11.0 Å². The molecule has 0 bridgehead atoms. The minimum Gasteiger partial charge on any atom is -0.337 e. The zero-order chi connectivity index (χ0) is 17.3. The highest BCUT2D eigenvalue weighted by atomic mass is 79.9. The Kier molecular flexibility index (Phi) is 6.59. The molecule has 0 radical (unpaired) electrons. The number of carbonyl (C=O) groups excluding carboxylic acids is 1. The lowest BCUT2D eigenvalue weighted by Crippen LogP contribution is -2.50. The Bertz CT molecular complexity index is 826. The number of fused-ring (bicyclic) bond motifs is 1. The molecule has 1 aliphatic heterocycles. The molecule has 2 heterocycles. The number of likely N-dealkylation sites (tertiary alicyclic amines) is 1. The Morgan fingerprint density at radius 1 is 1.44 bits per heavy atom. The second-order valence-electron chi connectivity index (χ2n) is 6.45. The fourth-order valence-corrected chi connectivity index (χ4v) is 3.64. The number of hydrogen-bond donors (Lipinski definition) is 1. The van der Waals surface area contributed by atoms with Gasteiger partial charge in [0, 0.05) is 23.6 Å². The Morgan fingerprint density at radius 2 is 2.20 bits per heavy atom. The first kappa shape index (κ1) is 19.9. The van der Waals surface area contributed by atoms with E-state index in [1.165, 1.54) is 10.9 Å². The standard InChI is InChI=1S/C17H21BrN4O2.ClH/c1-11-4-5-22(13(6-11)8-19)16(23)9-21-10-20-15-3-2-12(18)7-14(15)17(21)24;/h2-3,7,10-11,13H,4-6,8-9,19H2,1H3;1H. The van der Waals surface area contributed by atoms with Crippen LogP contribution in [-0.2, 0) is 11.3 Å². The van der Waals surface area contributed by atoms with Crippen LogP contribution >= 0.6 is 28.3 Å². The van der Waals surface area contributed by atoms with Gasteiger partial charge in [-0.15, -0.1) is 12.4 Å². The molecule has 3 rings (SSSR count). The first-order valence-electron chi connectivity index (χ1n) is 8.14. The van der Waals surface area contributed by atoms with Crippen molar-refractivity contribution in [3.63, 3.8) is 0 Å². The average molecular weight is 430 g/mol. The second kappa shape index (κ2) is 8.29. The predicted molar refractivity (Wildman–Crippen MR) is 104 cm³/mol. The number of amides is 1. The topological polar surface area (TPSA) is 81.2 Å². The zero-order valence-corrected chi connectivity index (χ0v) is 16.4. The lowest BCUT2D eigenvalue weighted by atomic mass is 9.92. The summed E-state index contributed by atoms with van der Waals surface area (Å²) in [5.74, 6) is 0.501. The van der Waals surface area contributed by atoms with Crippen LogP contribution in [0.25, 0.3) is 10.9 Å². The smallest absolute Gasteiger partial charge is 0.261 e. The largest absolute Gasteiger partial charge is 0.337 e. The number of nitrogens with two attached hydrogens (primary N) is 1. The van der Waals surface area contributed by atoms with Crippen LogP contribution in [0.4, 0.5) is 0 Å². The molecular formula is C17H22BrClN4O2. The van der Waals surface area contributed by atoms with Crippen LogP contribution in [-0.4, -0.2) is 39.5 Å². The number of hydrogen-bond acceptors (Lipinski definition) is 4. The highest BCUT2D eigenvalue weighted by Gasteiger charge is 2.29. The molecule has 0 aliphatic carbocycles. The molecule has 1 aliphatic rings. The third-order valence-corrected chi connectivity index (χ3v) is 5.16. The molecule has 1 aromatic heterocycles. The summed E-state index contributed by atoms with van der Waals surface area (Å²) in [5, 5.41) is 0.502. The molecule has 136 valence electrons. The molecule has 2 N–H and O–H groups in total. The number of aromatic nitrogens is 2. The summed E-state index contributed by atoms with van der Waals surface area (Å²) in [6.45, 7) is 3.33. The molecule has 2 aromatic rings. The van der Waals surface area contributed by atoms with Crippen LogP contribution in [0.3, 0.4) is 0 Å². The van der Waals surface area contributed by atoms with E-state index in [-0.39, 0.29) is 36.5 Å². The maximum atomic E-state index is 12.7. The molecule has 1 fully saturated rings. The minimum absolute atomic E-state index is 0. The summed E-state index contributed by atoms with van der Waals surface area (Å²) in [6, 6.07) is 5.41. The Balaban J connectivity index is 0.00000225. The molecule has 2 atom stereocenters. The number of nitrogens with zero attached hydrogens (tertiary/aromatic N) is 3. The first-order chi connectivity index (χ1) is 11.5. The third kappa shape index (κ3) is 4.22. The predicted octanol–water partition coefficient (Wildman–Crippen LogP) is 2.17. The van der Waals surface area contributed by atoms with Gasteiger partial charge in [-0.3, -0.25) is 14.2 Å². The van der Waals surface area contributed by atoms with Gasteiger partial charge in [0.1, 0.15) is 6.54 Å². The van der Waals surface area contributed by atoms with Gasteiger partial charge in [0.25, 0.3) is 5.56 Å². The van der Waals surface area contributed by atoms with Crippen molar-refractivity contribution in [2.24, 2.45) is 11.7 Å². The van der Waals surface area contributed by atoms with Gasteiger partial charge in [-0.2, -0.15) is 0 Å². The molecule has 6 nitrogen and oxygen atoms in total. The van der Waals surface area contributed by atoms with Crippen molar-refractivity contribution in [1.82, 2.24) is 14.5 Å². The number of rotatable bonds is 3. The van der Waals surface area contributed by atoms with Crippen LogP contribution in [0.1, 0.15) is 19.8 Å². The van der Waals surface area contributed by atoms with Crippen LogP contribution < -0.4 is 11.3 Å². The normalized spacial score (nSPS) is 20.4. The highest BCUT2D eigenvalue weighted by Crippen LogP contribution is 2.22. The van der Waals surface area contributed by atoms with E-state index in [2.05, 4.69) is 27.8 Å². The zero-order valence-electron chi connectivity index (χ0n) is 14.0. The molecule has 0 spiro atoms. The van der Waals surface area contributed by atoms with Crippen LogP contribution in [0.2, 0.25) is 0 Å². The molecule has 1 amide bonds. The van der Waals surface area contributed by atoms with E-state index in [0.29, 0.717) is 29.9 Å². The highest BCUT2D eigenvalue weighted by molar-refractivity contribution is 9.10. The number of halogens is 2. The summed E-state index contributed by atoms with van der Waals surface area (Å²) < 4.78 is 2.19. The molecule has 8 heteroatoms. The van der Waals surface area contributed by atoms with E-state index >= 15 is 0 Å². The van der Waals surface area contributed by atoms with Crippen LogP contribution in [0, 0.1) is 5.92 Å². The quantitative estimate of drug-likeness (QED) is 0.811.